The summed E-state index contributed by atoms with van der Waals surface area (Å²) in [5.74, 6) is -1.86. The maximum absolute atomic E-state index is 11.3. The Morgan fingerprint density at radius 3 is 2.88 bits per heavy atom. The topological polar surface area (TPSA) is 122 Å². The number of hydrogen-bond acceptors (Lipinski definition) is 4. The summed E-state index contributed by atoms with van der Waals surface area (Å²) in [4.78, 5) is 32.5. The number of nitrogens with one attached hydrogen (secondary N) is 2. The zero-order valence-corrected chi connectivity index (χ0v) is 8.47. The molecule has 1 rings (SSSR count). The zero-order chi connectivity index (χ0) is 12.3. The van der Waals surface area contributed by atoms with Gasteiger partial charge in [-0.1, -0.05) is 0 Å². The lowest BCUT2D eigenvalue weighted by Crippen LogP contribution is -2.43. The lowest BCUT2D eigenvalue weighted by atomic mass is 9.85. The molecule has 8 heteroatoms. The molecule has 0 aliphatic carbocycles. The normalized spacial score (nSPS) is 30.6. The Bertz CT molecular complexity index is 320. The number of hydrogen-bond donors (Lipinski definition) is 4. The van der Waals surface area contributed by atoms with Crippen LogP contribution in [0.2, 0.25) is 0 Å². The van der Waals surface area contributed by atoms with Crippen LogP contribution >= 0.6 is 0 Å². The number of carbonyl (C=O) groups excluding carboxylic acids is 3. The largest absolute Gasteiger partial charge is 0.380 e. The molecule has 3 amide bonds. The second kappa shape index (κ2) is 4.52. The molecule has 86 valence electrons. The average Bonchev–Trinajstić information content (AvgIpc) is 2.38. The fraction of sp³-hybridized carbons (Fsp3) is 0.625. The molecular weight excluding hydrogens is 213 g/mol. The molecule has 0 aromatic heterocycles. The van der Waals surface area contributed by atoms with E-state index in [-0.39, 0.29) is 12.8 Å². The molecule has 3 atom stereocenters. The Morgan fingerprint density at radius 2 is 2.50 bits per heavy atom. The van der Waals surface area contributed by atoms with Gasteiger partial charge >= 0.3 is 0 Å². The minimum atomic E-state index is -1.76. The first-order valence-electron chi connectivity index (χ1n) is 4.68. The van der Waals surface area contributed by atoms with Crippen LogP contribution in [-0.2, 0) is 14.4 Å². The number of primary amides is 1. The summed E-state index contributed by atoms with van der Waals surface area (Å²) in [5, 5.41) is 13.7. The van der Waals surface area contributed by atoms with Gasteiger partial charge in [0, 0.05) is 5.92 Å². The highest BCUT2D eigenvalue weighted by Crippen LogP contribution is 2.24. The number of aliphatic hydroxyl groups is 1. The monoisotopic (exact) mass is 225 g/mol. The molecule has 7 nitrogen and oxygen atoms in total. The van der Waals surface area contributed by atoms with E-state index in [4.69, 9.17) is 13.6 Å². The van der Waals surface area contributed by atoms with Gasteiger partial charge in [0.05, 0.1) is 5.62 Å². The predicted molar refractivity (Wildman–Crippen MR) is 53.8 cm³/mol. The molecule has 16 heavy (non-hydrogen) atoms. The van der Waals surface area contributed by atoms with E-state index in [0.29, 0.717) is 6.41 Å². The molecule has 1 fully saturated rings. The van der Waals surface area contributed by atoms with E-state index in [9.17, 15) is 19.5 Å². The average molecular weight is 225 g/mol. The van der Waals surface area contributed by atoms with Crippen molar-refractivity contribution in [2.45, 2.75) is 24.5 Å². The summed E-state index contributed by atoms with van der Waals surface area (Å²) in [5.41, 5.74) is 3.27. The fourth-order valence-electron chi connectivity index (χ4n) is 1.66. The summed E-state index contributed by atoms with van der Waals surface area (Å²) < 4.78 is 0. The Morgan fingerprint density at radius 1 is 1.88 bits per heavy atom. The van der Waals surface area contributed by atoms with Crippen molar-refractivity contribution in [3.05, 3.63) is 0 Å². The second-order valence-electron chi connectivity index (χ2n) is 3.79. The van der Waals surface area contributed by atoms with Crippen LogP contribution in [0.3, 0.4) is 0 Å². The van der Waals surface area contributed by atoms with Crippen molar-refractivity contribution >= 4 is 26.1 Å². The quantitative estimate of drug-likeness (QED) is 0.293. The van der Waals surface area contributed by atoms with E-state index in [1.807, 2.05) is 0 Å². The third-order valence-electron chi connectivity index (χ3n) is 2.40. The highest BCUT2D eigenvalue weighted by molar-refractivity contribution is 6.16. The van der Waals surface area contributed by atoms with Gasteiger partial charge in [0.2, 0.25) is 18.2 Å². The zero-order valence-electron chi connectivity index (χ0n) is 8.47. The van der Waals surface area contributed by atoms with Crippen LogP contribution in [0.4, 0.5) is 0 Å². The summed E-state index contributed by atoms with van der Waals surface area (Å²) in [6, 6.07) is -0.942. The minimum Gasteiger partial charge on any atom is -0.380 e. The highest BCUT2D eigenvalue weighted by atomic mass is 16.3. The molecule has 0 aromatic carbocycles. The van der Waals surface area contributed by atoms with Gasteiger partial charge in [0.15, 0.2) is 0 Å². The van der Waals surface area contributed by atoms with Crippen LogP contribution in [0.5, 0.6) is 0 Å². The van der Waals surface area contributed by atoms with Gasteiger partial charge in [-0.25, -0.2) is 0 Å². The van der Waals surface area contributed by atoms with Crippen molar-refractivity contribution in [3.63, 3.8) is 0 Å². The Balaban J connectivity index is 2.62. The van der Waals surface area contributed by atoms with Gasteiger partial charge in [-0.3, -0.25) is 14.4 Å². The smallest absolute Gasteiger partial charge is 0.240 e. The number of carbonyl (C=O) groups is 3. The van der Waals surface area contributed by atoms with Crippen LogP contribution in [0.1, 0.15) is 12.8 Å². The summed E-state index contributed by atoms with van der Waals surface area (Å²) in [7, 11) is 5.30. The van der Waals surface area contributed by atoms with Gasteiger partial charge in [0.1, 0.15) is 13.9 Å². The standard InChI is InChI=1S/C8H12BN3O4/c9-8(16)2-4(7(15)12-8)1-5(6(10)14)11-3-13/h3-5,16H,1-2H2,(H2,10,14)(H,11,13)(H,12,15)/t4-,5+,8?/m1/s1. The van der Waals surface area contributed by atoms with Crippen molar-refractivity contribution in [2.75, 3.05) is 0 Å². The molecule has 0 aromatic rings. The number of amides is 3. The summed E-state index contributed by atoms with van der Waals surface area (Å²) in [6.45, 7) is 0. The fourth-order valence-corrected chi connectivity index (χ4v) is 1.66. The third-order valence-corrected chi connectivity index (χ3v) is 2.40. The van der Waals surface area contributed by atoms with E-state index in [0.717, 1.165) is 0 Å². The Hall–Kier alpha value is -1.57. The molecule has 1 aliphatic rings. The molecule has 1 unspecified atom stereocenters. The molecular formula is C8H12BN3O4. The first-order valence-corrected chi connectivity index (χ1v) is 4.68. The molecule has 1 aliphatic heterocycles. The summed E-state index contributed by atoms with van der Waals surface area (Å²) in [6.07, 6.45) is 0.312. The Labute approximate surface area is 93.2 Å². The van der Waals surface area contributed by atoms with Crippen molar-refractivity contribution in [3.8, 4) is 0 Å². The van der Waals surface area contributed by atoms with Gasteiger partial charge < -0.3 is 21.5 Å². The predicted octanol–water partition coefficient (Wildman–Crippen LogP) is -3.07. The molecule has 2 radical (unpaired) electrons. The number of nitrogens with two attached hydrogens (primary N) is 1. The van der Waals surface area contributed by atoms with Crippen LogP contribution in [0.15, 0.2) is 0 Å². The second-order valence-corrected chi connectivity index (χ2v) is 3.79. The van der Waals surface area contributed by atoms with Crippen LogP contribution in [0, 0.1) is 5.92 Å². The molecule has 5 N–H and O–H groups in total. The lowest BCUT2D eigenvalue weighted by Gasteiger charge is -2.17. The van der Waals surface area contributed by atoms with E-state index in [1.165, 1.54) is 0 Å². The van der Waals surface area contributed by atoms with Crippen molar-refractivity contribution in [2.24, 2.45) is 11.7 Å². The SMILES string of the molecule is [B]C1(O)C[C@@H](C[C@H](NC=O)C(N)=O)C(=O)N1. The molecule has 1 heterocycles. The van der Waals surface area contributed by atoms with E-state index in [1.54, 1.807) is 0 Å². The van der Waals surface area contributed by atoms with E-state index < -0.39 is 29.4 Å². The number of rotatable bonds is 5. The van der Waals surface area contributed by atoms with Crippen molar-refractivity contribution in [1.82, 2.24) is 10.6 Å². The minimum absolute atomic E-state index is 0.0133. The molecule has 0 spiro atoms. The Kier molecular flexibility index (Phi) is 3.53. The van der Waals surface area contributed by atoms with Gasteiger partial charge in [-0.15, -0.1) is 0 Å². The summed E-state index contributed by atoms with van der Waals surface area (Å²) >= 11 is 0. The molecule has 0 saturated carbocycles. The van der Waals surface area contributed by atoms with E-state index >= 15 is 0 Å². The first-order chi connectivity index (χ1) is 7.35. The highest BCUT2D eigenvalue weighted by Gasteiger charge is 2.40. The van der Waals surface area contributed by atoms with Gasteiger partial charge in [-0.2, -0.15) is 0 Å². The van der Waals surface area contributed by atoms with Gasteiger partial charge in [0.25, 0.3) is 0 Å². The third kappa shape index (κ3) is 2.96. The van der Waals surface area contributed by atoms with Crippen LogP contribution in [0.25, 0.3) is 0 Å². The van der Waals surface area contributed by atoms with Gasteiger partial charge in [-0.05, 0) is 12.8 Å². The maximum Gasteiger partial charge on any atom is 0.240 e. The van der Waals surface area contributed by atoms with Crippen LogP contribution < -0.4 is 16.4 Å². The lowest BCUT2D eigenvalue weighted by molar-refractivity contribution is -0.125. The van der Waals surface area contributed by atoms with E-state index in [2.05, 4.69) is 10.6 Å². The molecule has 0 bridgehead atoms. The first kappa shape index (κ1) is 12.5. The van der Waals surface area contributed by atoms with Crippen molar-refractivity contribution in [1.29, 1.82) is 0 Å². The molecule has 1 saturated heterocycles. The maximum atomic E-state index is 11.3. The van der Waals surface area contributed by atoms with Crippen molar-refractivity contribution < 1.29 is 19.5 Å². The van der Waals surface area contributed by atoms with Crippen LogP contribution in [-0.4, -0.2) is 42.8 Å².